The second-order valence-electron chi connectivity index (χ2n) is 3.55. The molecule has 0 atom stereocenters. The van der Waals surface area contributed by atoms with Crippen LogP contribution >= 0.6 is 22.9 Å². The van der Waals surface area contributed by atoms with Gasteiger partial charge in [-0.25, -0.2) is 0 Å². The summed E-state index contributed by atoms with van der Waals surface area (Å²) in [4.78, 5) is 11.9. The molecule has 3 nitrogen and oxygen atoms in total. The molecule has 1 aromatic carbocycles. The van der Waals surface area contributed by atoms with Crippen LogP contribution < -0.4 is 11.1 Å². The van der Waals surface area contributed by atoms with Crippen molar-refractivity contribution in [1.82, 2.24) is 5.32 Å². The Balaban J connectivity index is 2.07. The molecule has 2 aromatic rings. The standard InChI is InChI=1S/C12H11ClN2OS/c13-9-1-2-11(14)10(5-9)12(16)15-6-8-3-4-17-7-8/h1-5,7H,6,14H2,(H,15,16). The molecule has 0 fully saturated rings. The van der Waals surface area contributed by atoms with Crippen LogP contribution in [-0.2, 0) is 6.54 Å². The maximum atomic E-state index is 11.9. The predicted molar refractivity (Wildman–Crippen MR) is 71.4 cm³/mol. The van der Waals surface area contributed by atoms with Crippen LogP contribution in [0.4, 0.5) is 5.69 Å². The van der Waals surface area contributed by atoms with Crippen molar-refractivity contribution in [2.75, 3.05) is 5.73 Å². The zero-order valence-corrected chi connectivity index (χ0v) is 10.5. The average Bonchev–Trinajstić information content (AvgIpc) is 2.82. The summed E-state index contributed by atoms with van der Waals surface area (Å²) < 4.78 is 0. The minimum Gasteiger partial charge on any atom is -0.398 e. The molecule has 88 valence electrons. The van der Waals surface area contributed by atoms with Crippen LogP contribution in [0, 0.1) is 0 Å². The van der Waals surface area contributed by atoms with Crippen molar-refractivity contribution in [2.24, 2.45) is 0 Å². The van der Waals surface area contributed by atoms with Gasteiger partial charge in [-0.3, -0.25) is 4.79 Å². The fraction of sp³-hybridized carbons (Fsp3) is 0.0833. The van der Waals surface area contributed by atoms with Gasteiger partial charge in [-0.2, -0.15) is 11.3 Å². The molecule has 17 heavy (non-hydrogen) atoms. The van der Waals surface area contributed by atoms with Crippen LogP contribution in [0.3, 0.4) is 0 Å². The van der Waals surface area contributed by atoms with Crippen LogP contribution in [0.5, 0.6) is 0 Å². The fourth-order valence-electron chi connectivity index (χ4n) is 1.40. The Morgan fingerprint density at radius 3 is 2.94 bits per heavy atom. The molecule has 1 heterocycles. The predicted octanol–water partition coefficient (Wildman–Crippen LogP) is 2.91. The van der Waals surface area contributed by atoms with E-state index in [9.17, 15) is 4.79 Å². The van der Waals surface area contributed by atoms with Crippen molar-refractivity contribution in [3.63, 3.8) is 0 Å². The number of carbonyl (C=O) groups excluding carboxylic acids is 1. The van der Waals surface area contributed by atoms with Crippen LogP contribution in [0.1, 0.15) is 15.9 Å². The smallest absolute Gasteiger partial charge is 0.253 e. The van der Waals surface area contributed by atoms with E-state index in [4.69, 9.17) is 17.3 Å². The van der Waals surface area contributed by atoms with Crippen LogP contribution in [0.25, 0.3) is 0 Å². The maximum Gasteiger partial charge on any atom is 0.253 e. The highest BCUT2D eigenvalue weighted by Gasteiger charge is 2.09. The number of hydrogen-bond acceptors (Lipinski definition) is 3. The van der Waals surface area contributed by atoms with Crippen molar-refractivity contribution in [1.29, 1.82) is 0 Å². The third-order valence-corrected chi connectivity index (χ3v) is 3.26. The summed E-state index contributed by atoms with van der Waals surface area (Å²) in [5.41, 5.74) is 7.63. The van der Waals surface area contributed by atoms with E-state index in [2.05, 4.69) is 5.32 Å². The highest BCUT2D eigenvalue weighted by atomic mass is 35.5. The van der Waals surface area contributed by atoms with Crippen LogP contribution in [0.2, 0.25) is 5.02 Å². The van der Waals surface area contributed by atoms with Crippen molar-refractivity contribution < 1.29 is 4.79 Å². The van der Waals surface area contributed by atoms with Crippen LogP contribution in [0.15, 0.2) is 35.0 Å². The Bertz CT molecular complexity index is 525. The summed E-state index contributed by atoms with van der Waals surface area (Å²) in [7, 11) is 0. The quantitative estimate of drug-likeness (QED) is 0.840. The molecule has 0 unspecified atom stereocenters. The first-order valence-electron chi connectivity index (χ1n) is 5.01. The van der Waals surface area contributed by atoms with Crippen molar-refractivity contribution in [2.45, 2.75) is 6.54 Å². The Kier molecular flexibility index (Phi) is 3.66. The zero-order chi connectivity index (χ0) is 12.3. The van der Waals surface area contributed by atoms with Gasteiger partial charge in [0, 0.05) is 17.3 Å². The van der Waals surface area contributed by atoms with Gasteiger partial charge in [-0.15, -0.1) is 0 Å². The molecule has 0 bridgehead atoms. The molecule has 0 aliphatic rings. The Morgan fingerprint density at radius 1 is 1.41 bits per heavy atom. The molecule has 3 N–H and O–H groups in total. The Morgan fingerprint density at radius 2 is 2.24 bits per heavy atom. The van der Waals surface area contributed by atoms with Gasteiger partial charge in [-0.05, 0) is 40.6 Å². The topological polar surface area (TPSA) is 55.1 Å². The van der Waals surface area contributed by atoms with E-state index < -0.39 is 0 Å². The number of rotatable bonds is 3. The third-order valence-electron chi connectivity index (χ3n) is 2.29. The minimum atomic E-state index is -0.212. The van der Waals surface area contributed by atoms with E-state index in [1.54, 1.807) is 29.5 Å². The number of halogens is 1. The number of thiophene rings is 1. The lowest BCUT2D eigenvalue weighted by Gasteiger charge is -2.07. The van der Waals surface area contributed by atoms with Gasteiger partial charge in [0.2, 0.25) is 0 Å². The first-order valence-corrected chi connectivity index (χ1v) is 6.33. The highest BCUT2D eigenvalue weighted by molar-refractivity contribution is 7.07. The van der Waals surface area contributed by atoms with Gasteiger partial charge in [-0.1, -0.05) is 11.6 Å². The number of nitrogen functional groups attached to an aromatic ring is 1. The number of hydrogen-bond donors (Lipinski definition) is 2. The summed E-state index contributed by atoms with van der Waals surface area (Å²) >= 11 is 7.42. The Hall–Kier alpha value is -1.52. The average molecular weight is 267 g/mol. The fourth-order valence-corrected chi connectivity index (χ4v) is 2.24. The minimum absolute atomic E-state index is 0.212. The van der Waals surface area contributed by atoms with E-state index in [0.717, 1.165) is 5.56 Å². The molecule has 1 amide bonds. The molecule has 0 saturated carbocycles. The zero-order valence-electron chi connectivity index (χ0n) is 8.94. The van der Waals surface area contributed by atoms with Gasteiger partial charge in [0.15, 0.2) is 0 Å². The molecular weight excluding hydrogens is 256 g/mol. The highest BCUT2D eigenvalue weighted by Crippen LogP contribution is 2.17. The first-order chi connectivity index (χ1) is 8.16. The molecular formula is C12H11ClN2OS. The van der Waals surface area contributed by atoms with Gasteiger partial charge in [0.1, 0.15) is 0 Å². The van der Waals surface area contributed by atoms with E-state index in [0.29, 0.717) is 22.8 Å². The van der Waals surface area contributed by atoms with Crippen LogP contribution in [-0.4, -0.2) is 5.91 Å². The van der Waals surface area contributed by atoms with E-state index in [1.165, 1.54) is 0 Å². The lowest BCUT2D eigenvalue weighted by atomic mass is 10.1. The largest absolute Gasteiger partial charge is 0.398 e. The molecule has 0 saturated heterocycles. The van der Waals surface area contributed by atoms with E-state index in [-0.39, 0.29) is 5.91 Å². The Labute approximate surface area is 108 Å². The number of nitrogens with one attached hydrogen (secondary N) is 1. The number of amides is 1. The molecule has 2 rings (SSSR count). The van der Waals surface area contributed by atoms with Gasteiger partial charge >= 0.3 is 0 Å². The monoisotopic (exact) mass is 266 g/mol. The lowest BCUT2D eigenvalue weighted by molar-refractivity contribution is 0.0952. The first kappa shape index (κ1) is 12.0. The maximum absolute atomic E-state index is 11.9. The van der Waals surface area contributed by atoms with E-state index >= 15 is 0 Å². The molecule has 1 aromatic heterocycles. The second kappa shape index (κ2) is 5.21. The summed E-state index contributed by atoms with van der Waals surface area (Å²) in [6.07, 6.45) is 0. The molecule has 0 radical (unpaired) electrons. The molecule has 0 spiro atoms. The summed E-state index contributed by atoms with van der Waals surface area (Å²) in [5.74, 6) is -0.212. The summed E-state index contributed by atoms with van der Waals surface area (Å²) in [6.45, 7) is 0.494. The third kappa shape index (κ3) is 2.99. The SMILES string of the molecule is Nc1ccc(Cl)cc1C(=O)NCc1ccsc1. The normalized spacial score (nSPS) is 10.2. The number of nitrogens with two attached hydrogens (primary N) is 1. The lowest BCUT2D eigenvalue weighted by Crippen LogP contribution is -2.23. The number of carbonyl (C=O) groups is 1. The van der Waals surface area contributed by atoms with Gasteiger partial charge in [0.05, 0.1) is 5.56 Å². The number of benzene rings is 1. The van der Waals surface area contributed by atoms with Gasteiger partial charge in [0.25, 0.3) is 5.91 Å². The molecule has 5 heteroatoms. The summed E-state index contributed by atoms with van der Waals surface area (Å²) in [5, 5.41) is 7.25. The van der Waals surface area contributed by atoms with Crippen molar-refractivity contribution in [3.05, 3.63) is 51.2 Å². The van der Waals surface area contributed by atoms with Crippen molar-refractivity contribution >= 4 is 34.5 Å². The number of anilines is 1. The summed E-state index contributed by atoms with van der Waals surface area (Å²) in [6, 6.07) is 6.82. The van der Waals surface area contributed by atoms with Crippen molar-refractivity contribution in [3.8, 4) is 0 Å². The second-order valence-corrected chi connectivity index (χ2v) is 4.76. The molecule has 0 aliphatic carbocycles. The van der Waals surface area contributed by atoms with E-state index in [1.807, 2.05) is 16.8 Å². The van der Waals surface area contributed by atoms with Gasteiger partial charge < -0.3 is 11.1 Å². The molecule has 0 aliphatic heterocycles.